The van der Waals surface area contributed by atoms with Crippen molar-refractivity contribution < 1.29 is 19.5 Å². The van der Waals surface area contributed by atoms with Crippen LogP contribution in [-0.4, -0.2) is 50.5 Å². The van der Waals surface area contributed by atoms with Gasteiger partial charge >= 0.3 is 0 Å². The number of amides is 1. The molecule has 12 nitrogen and oxygen atoms in total. The Kier molecular flexibility index (Phi) is 6.03. The van der Waals surface area contributed by atoms with E-state index in [1.807, 2.05) is 4.57 Å². The standard InChI is InChI=1S/C18H18N8O4S/c19-7-10-5-11-12(30-9-29-11)6-13(10)31-18-24-15-16(20)22-8-23-17(15)26(18)4-3-21-2-1-14(27)25-28/h5-6,8,21,28H,1-4,9H2,(H,25,27)(H2,20,22,23). The number of nitrogens with zero attached hydrogens (tertiary/aromatic N) is 5. The maximum atomic E-state index is 11.1. The Morgan fingerprint density at radius 2 is 2.13 bits per heavy atom. The zero-order valence-corrected chi connectivity index (χ0v) is 17.0. The summed E-state index contributed by atoms with van der Waals surface area (Å²) in [6, 6.07) is 5.55. The lowest BCUT2D eigenvalue weighted by molar-refractivity contribution is -0.129. The van der Waals surface area contributed by atoms with E-state index in [9.17, 15) is 10.1 Å². The molecule has 0 saturated carbocycles. The van der Waals surface area contributed by atoms with Crippen molar-refractivity contribution in [1.82, 2.24) is 30.3 Å². The number of hydrogen-bond donors (Lipinski definition) is 4. The van der Waals surface area contributed by atoms with Crippen molar-refractivity contribution in [3.8, 4) is 17.6 Å². The van der Waals surface area contributed by atoms with Crippen molar-refractivity contribution >= 4 is 34.7 Å². The monoisotopic (exact) mass is 442 g/mol. The van der Waals surface area contributed by atoms with E-state index in [1.54, 1.807) is 17.6 Å². The van der Waals surface area contributed by atoms with E-state index in [1.165, 1.54) is 18.1 Å². The second-order valence-corrected chi connectivity index (χ2v) is 7.44. The van der Waals surface area contributed by atoms with Gasteiger partial charge in [-0.1, -0.05) is 11.8 Å². The molecule has 1 aliphatic heterocycles. The quantitative estimate of drug-likeness (QED) is 0.219. The Hall–Kier alpha value is -3.60. The summed E-state index contributed by atoms with van der Waals surface area (Å²) in [5.74, 6) is 0.876. The number of carbonyl (C=O) groups is 1. The van der Waals surface area contributed by atoms with Crippen molar-refractivity contribution in [2.24, 2.45) is 0 Å². The number of nitrogens with one attached hydrogen (secondary N) is 2. The van der Waals surface area contributed by atoms with Gasteiger partial charge in [-0.3, -0.25) is 10.0 Å². The minimum atomic E-state index is -0.468. The Morgan fingerprint density at radius 1 is 1.32 bits per heavy atom. The van der Waals surface area contributed by atoms with Crippen molar-refractivity contribution in [2.45, 2.75) is 23.0 Å². The molecule has 1 aliphatic rings. The average Bonchev–Trinajstić information content (AvgIpc) is 3.37. The van der Waals surface area contributed by atoms with Gasteiger partial charge in [-0.2, -0.15) is 5.26 Å². The van der Waals surface area contributed by atoms with Crippen LogP contribution in [0.5, 0.6) is 11.5 Å². The lowest BCUT2D eigenvalue weighted by Gasteiger charge is -2.10. The van der Waals surface area contributed by atoms with E-state index in [4.69, 9.17) is 20.4 Å². The third kappa shape index (κ3) is 4.31. The number of benzene rings is 1. The Morgan fingerprint density at radius 3 is 2.90 bits per heavy atom. The molecule has 5 N–H and O–H groups in total. The van der Waals surface area contributed by atoms with Crippen molar-refractivity contribution in [1.29, 1.82) is 5.26 Å². The Bertz CT molecular complexity index is 1180. The number of aromatic nitrogens is 4. The maximum Gasteiger partial charge on any atom is 0.244 e. The predicted octanol–water partition coefficient (Wildman–Crippen LogP) is 0.645. The average molecular weight is 442 g/mol. The number of anilines is 1. The molecule has 0 atom stereocenters. The van der Waals surface area contributed by atoms with Crippen LogP contribution in [0.4, 0.5) is 5.82 Å². The number of ether oxygens (including phenoxy) is 2. The fourth-order valence-electron chi connectivity index (χ4n) is 2.98. The van der Waals surface area contributed by atoms with E-state index in [-0.39, 0.29) is 19.0 Å². The molecule has 1 aromatic carbocycles. The summed E-state index contributed by atoms with van der Waals surface area (Å²) in [7, 11) is 0. The highest BCUT2D eigenvalue weighted by Crippen LogP contribution is 2.40. The van der Waals surface area contributed by atoms with E-state index in [2.05, 4.69) is 26.3 Å². The first kappa shape index (κ1) is 20.7. The normalized spacial score (nSPS) is 12.1. The summed E-state index contributed by atoms with van der Waals surface area (Å²) in [4.78, 5) is 24.7. The van der Waals surface area contributed by atoms with Crippen LogP contribution in [-0.2, 0) is 11.3 Å². The SMILES string of the molecule is N#Cc1cc2c(cc1Sc1nc3c(N)ncnc3n1CCNCCC(=O)NO)OCO2. The maximum absolute atomic E-state index is 11.1. The number of hydrogen-bond acceptors (Lipinski definition) is 11. The van der Waals surface area contributed by atoms with Gasteiger partial charge in [-0.25, -0.2) is 20.4 Å². The van der Waals surface area contributed by atoms with Gasteiger partial charge in [0.2, 0.25) is 12.7 Å². The van der Waals surface area contributed by atoms with Crippen LogP contribution in [0.15, 0.2) is 28.5 Å². The van der Waals surface area contributed by atoms with Gasteiger partial charge in [0.1, 0.15) is 12.4 Å². The third-order valence-electron chi connectivity index (χ3n) is 4.49. The van der Waals surface area contributed by atoms with Gasteiger partial charge in [0.25, 0.3) is 0 Å². The first-order valence-corrected chi connectivity index (χ1v) is 10.0. The minimum absolute atomic E-state index is 0.110. The molecule has 0 fully saturated rings. The van der Waals surface area contributed by atoms with Gasteiger partial charge in [-0.05, 0) is 6.07 Å². The Balaban J connectivity index is 1.60. The molecule has 2 aromatic heterocycles. The Labute approximate surface area is 180 Å². The van der Waals surface area contributed by atoms with Crippen LogP contribution < -0.4 is 26.0 Å². The van der Waals surface area contributed by atoms with Gasteiger partial charge in [0.15, 0.2) is 33.6 Å². The van der Waals surface area contributed by atoms with E-state index in [0.29, 0.717) is 57.9 Å². The predicted molar refractivity (Wildman–Crippen MR) is 109 cm³/mol. The summed E-state index contributed by atoms with van der Waals surface area (Å²) in [5, 5.41) is 21.8. The smallest absolute Gasteiger partial charge is 0.244 e. The van der Waals surface area contributed by atoms with Gasteiger partial charge < -0.3 is 25.1 Å². The highest BCUT2D eigenvalue weighted by Gasteiger charge is 2.21. The number of nitrogen functional groups attached to an aromatic ring is 1. The minimum Gasteiger partial charge on any atom is -0.454 e. The first-order valence-electron chi connectivity index (χ1n) is 9.22. The van der Waals surface area contributed by atoms with Crippen molar-refractivity contribution in [2.75, 3.05) is 25.6 Å². The van der Waals surface area contributed by atoms with Crippen LogP contribution >= 0.6 is 11.8 Å². The number of carbonyl (C=O) groups excluding carboxylic acids is 1. The summed E-state index contributed by atoms with van der Waals surface area (Å²) in [6.45, 7) is 1.48. The fraction of sp³-hybridized carbons (Fsp3) is 0.278. The van der Waals surface area contributed by atoms with Gasteiger partial charge in [0, 0.05) is 37.0 Å². The highest BCUT2D eigenvalue weighted by molar-refractivity contribution is 7.99. The summed E-state index contributed by atoms with van der Waals surface area (Å²) in [6.07, 6.45) is 1.51. The molecule has 13 heteroatoms. The molecular weight excluding hydrogens is 424 g/mol. The third-order valence-corrected chi connectivity index (χ3v) is 5.54. The molecule has 160 valence electrons. The van der Waals surface area contributed by atoms with Crippen molar-refractivity contribution in [3.63, 3.8) is 0 Å². The molecule has 1 amide bonds. The van der Waals surface area contributed by atoms with Crippen LogP contribution in [0, 0.1) is 11.3 Å². The van der Waals surface area contributed by atoms with Crippen LogP contribution in [0.2, 0.25) is 0 Å². The zero-order chi connectivity index (χ0) is 21.8. The number of hydroxylamine groups is 1. The number of nitrogens with two attached hydrogens (primary N) is 1. The molecule has 3 aromatic rings. The summed E-state index contributed by atoms with van der Waals surface area (Å²) >= 11 is 1.28. The van der Waals surface area contributed by atoms with Gasteiger partial charge in [0.05, 0.1) is 5.56 Å². The van der Waals surface area contributed by atoms with E-state index in [0.717, 1.165) is 0 Å². The number of nitriles is 1. The number of imidazole rings is 1. The summed E-state index contributed by atoms with van der Waals surface area (Å²) < 4.78 is 12.6. The molecule has 0 spiro atoms. The fourth-order valence-corrected chi connectivity index (χ4v) is 3.98. The first-order chi connectivity index (χ1) is 15.1. The molecule has 0 bridgehead atoms. The van der Waals surface area contributed by atoms with Crippen molar-refractivity contribution in [3.05, 3.63) is 24.0 Å². The van der Waals surface area contributed by atoms with E-state index < -0.39 is 5.91 Å². The molecule has 0 radical (unpaired) electrons. The second kappa shape index (κ2) is 9.04. The molecular formula is C18H18N8O4S. The number of rotatable bonds is 8. The second-order valence-electron chi connectivity index (χ2n) is 6.43. The molecule has 0 aliphatic carbocycles. The molecule has 4 rings (SSSR count). The molecule has 3 heterocycles. The zero-order valence-electron chi connectivity index (χ0n) is 16.2. The largest absolute Gasteiger partial charge is 0.454 e. The molecule has 31 heavy (non-hydrogen) atoms. The van der Waals surface area contributed by atoms with Gasteiger partial charge in [-0.15, -0.1) is 0 Å². The lowest BCUT2D eigenvalue weighted by atomic mass is 10.2. The molecule has 0 saturated heterocycles. The topological polar surface area (TPSA) is 173 Å². The number of fused-ring (bicyclic) bond motifs is 2. The van der Waals surface area contributed by atoms with E-state index >= 15 is 0 Å². The summed E-state index contributed by atoms with van der Waals surface area (Å²) in [5.41, 5.74) is 9.02. The van der Waals surface area contributed by atoms with Crippen LogP contribution in [0.1, 0.15) is 12.0 Å². The highest BCUT2D eigenvalue weighted by atomic mass is 32.2. The molecule has 0 unspecified atom stereocenters. The lowest BCUT2D eigenvalue weighted by Crippen LogP contribution is -2.27. The van der Waals surface area contributed by atoms with Crippen LogP contribution in [0.25, 0.3) is 11.2 Å². The van der Waals surface area contributed by atoms with Crippen LogP contribution in [0.3, 0.4) is 0 Å².